The largest absolute Gasteiger partial charge is 0.469 e. The Balaban J connectivity index is 2.48. The molecule has 0 saturated carbocycles. The van der Waals surface area contributed by atoms with Gasteiger partial charge in [0, 0.05) is 11.8 Å². The Morgan fingerprint density at radius 1 is 1.09 bits per heavy atom. The molecular weight excluding hydrogens is 434 g/mol. The fourth-order valence-corrected chi connectivity index (χ4v) is 3.82. The highest BCUT2D eigenvalue weighted by Crippen LogP contribution is 2.41. The third-order valence-corrected chi connectivity index (χ3v) is 5.48. The number of carbonyl (C=O) groups excluding carboxylic acids is 5. The average molecular weight is 465 g/mol. The Kier molecular flexibility index (Phi) is 7.72. The van der Waals surface area contributed by atoms with Crippen molar-refractivity contribution in [2.45, 2.75) is 72.0 Å². The Hall–Kier alpha value is -3.17. The Labute approximate surface area is 192 Å². The summed E-state index contributed by atoms with van der Waals surface area (Å²) in [7, 11) is 2.47. The fourth-order valence-electron chi connectivity index (χ4n) is 3.82. The number of methoxy groups -OCH3 is 2. The van der Waals surface area contributed by atoms with Crippen molar-refractivity contribution in [1.82, 2.24) is 4.98 Å². The van der Waals surface area contributed by atoms with E-state index in [2.05, 4.69) is 9.72 Å². The zero-order chi connectivity index (χ0) is 25.1. The Morgan fingerprint density at radius 3 is 2.24 bits per heavy atom. The van der Waals surface area contributed by atoms with Gasteiger partial charge in [0.15, 0.2) is 6.10 Å². The van der Waals surface area contributed by atoms with Crippen molar-refractivity contribution in [1.29, 1.82) is 0 Å². The molecule has 2 rings (SSSR count). The SMILES string of the molecule is COC(=O)CCc1c(C(=O)OC(C)(C)C)[nH]c(C(=O)[C@H]2OC(=O)C[C@]2(C)CC(=O)OC)c1C. The van der Waals surface area contributed by atoms with E-state index in [1.807, 2.05) is 0 Å². The molecule has 0 aromatic carbocycles. The summed E-state index contributed by atoms with van der Waals surface area (Å²) in [4.78, 5) is 64.8. The van der Waals surface area contributed by atoms with Gasteiger partial charge in [-0.05, 0) is 45.2 Å². The summed E-state index contributed by atoms with van der Waals surface area (Å²) in [5.41, 5.74) is -0.970. The fraction of sp³-hybridized carbons (Fsp3) is 0.609. The van der Waals surface area contributed by atoms with Gasteiger partial charge in [0.2, 0.25) is 5.78 Å². The molecular formula is C23H31NO9. The molecule has 1 aromatic heterocycles. The van der Waals surface area contributed by atoms with Crippen LogP contribution >= 0.6 is 0 Å². The van der Waals surface area contributed by atoms with Crippen molar-refractivity contribution in [3.8, 4) is 0 Å². The first-order valence-corrected chi connectivity index (χ1v) is 10.5. The van der Waals surface area contributed by atoms with E-state index in [0.29, 0.717) is 11.1 Å². The van der Waals surface area contributed by atoms with E-state index in [4.69, 9.17) is 14.2 Å². The second kappa shape index (κ2) is 9.76. The summed E-state index contributed by atoms with van der Waals surface area (Å²) in [6, 6.07) is 0. The highest BCUT2D eigenvalue weighted by molar-refractivity contribution is 6.04. The molecule has 1 aliphatic rings. The zero-order valence-corrected chi connectivity index (χ0v) is 20.1. The molecule has 0 bridgehead atoms. The van der Waals surface area contributed by atoms with Crippen LogP contribution in [0.1, 0.15) is 79.1 Å². The number of rotatable bonds is 8. The highest BCUT2D eigenvalue weighted by Gasteiger charge is 2.51. The van der Waals surface area contributed by atoms with Gasteiger partial charge in [-0.3, -0.25) is 19.2 Å². The summed E-state index contributed by atoms with van der Waals surface area (Å²) in [5.74, 6) is -2.94. The lowest BCUT2D eigenvalue weighted by atomic mass is 9.77. The van der Waals surface area contributed by atoms with Gasteiger partial charge in [-0.25, -0.2) is 4.79 Å². The minimum atomic E-state index is -1.25. The molecule has 0 radical (unpaired) electrons. The second-order valence-corrected chi connectivity index (χ2v) is 9.37. The van der Waals surface area contributed by atoms with Crippen LogP contribution in [-0.4, -0.2) is 60.6 Å². The van der Waals surface area contributed by atoms with Gasteiger partial charge in [0.05, 0.1) is 32.8 Å². The van der Waals surface area contributed by atoms with E-state index >= 15 is 0 Å². The van der Waals surface area contributed by atoms with Gasteiger partial charge in [-0.1, -0.05) is 6.92 Å². The number of aromatic nitrogens is 1. The first kappa shape index (κ1) is 26.1. The smallest absolute Gasteiger partial charge is 0.355 e. The van der Waals surface area contributed by atoms with E-state index < -0.39 is 46.8 Å². The first-order valence-electron chi connectivity index (χ1n) is 10.5. The highest BCUT2D eigenvalue weighted by atomic mass is 16.6. The van der Waals surface area contributed by atoms with Crippen molar-refractivity contribution in [3.63, 3.8) is 0 Å². The number of hydrogen-bond donors (Lipinski definition) is 1. The van der Waals surface area contributed by atoms with Gasteiger partial charge in [-0.2, -0.15) is 0 Å². The molecule has 1 fully saturated rings. The van der Waals surface area contributed by atoms with Gasteiger partial charge < -0.3 is 23.9 Å². The standard InChI is InChI=1S/C23H31NO9/c1-12-13(8-9-14(25)30-6)18(21(29)33-22(2,3)4)24-17(12)19(28)20-23(5,10-15(26)31-7)11-16(27)32-20/h20,24H,8-11H2,1-7H3/t20-,23+/m1/s1. The lowest BCUT2D eigenvalue weighted by Crippen LogP contribution is -2.37. The number of hydrogen-bond acceptors (Lipinski definition) is 9. The molecule has 10 heteroatoms. The van der Waals surface area contributed by atoms with E-state index in [0.717, 1.165) is 0 Å². The maximum absolute atomic E-state index is 13.5. The van der Waals surface area contributed by atoms with Crippen LogP contribution in [-0.2, 0) is 39.8 Å². The van der Waals surface area contributed by atoms with Crippen LogP contribution in [0.3, 0.4) is 0 Å². The Bertz CT molecular complexity index is 969. The molecule has 1 saturated heterocycles. The molecule has 1 aromatic rings. The number of ether oxygens (including phenoxy) is 4. The van der Waals surface area contributed by atoms with Crippen LogP contribution in [0.15, 0.2) is 0 Å². The third kappa shape index (κ3) is 6.00. The number of nitrogens with one attached hydrogen (secondary N) is 1. The average Bonchev–Trinajstić information content (AvgIpc) is 3.19. The lowest BCUT2D eigenvalue weighted by Gasteiger charge is -2.26. The van der Waals surface area contributed by atoms with Gasteiger partial charge >= 0.3 is 23.9 Å². The van der Waals surface area contributed by atoms with Crippen molar-refractivity contribution in [2.24, 2.45) is 5.41 Å². The molecule has 0 aliphatic carbocycles. The molecule has 1 aliphatic heterocycles. The molecule has 0 unspecified atom stereocenters. The Morgan fingerprint density at radius 2 is 1.70 bits per heavy atom. The molecule has 0 spiro atoms. The number of carbonyl (C=O) groups is 5. The van der Waals surface area contributed by atoms with Crippen molar-refractivity contribution >= 4 is 29.7 Å². The van der Waals surface area contributed by atoms with Gasteiger partial charge in [0.1, 0.15) is 11.3 Å². The van der Waals surface area contributed by atoms with Gasteiger partial charge in [0.25, 0.3) is 0 Å². The molecule has 2 heterocycles. The molecule has 1 N–H and O–H groups in total. The lowest BCUT2D eigenvalue weighted by molar-refractivity contribution is -0.144. The minimum Gasteiger partial charge on any atom is -0.469 e. The molecule has 10 nitrogen and oxygen atoms in total. The maximum atomic E-state index is 13.5. The summed E-state index contributed by atoms with van der Waals surface area (Å²) in [6.45, 7) is 8.34. The van der Waals surface area contributed by atoms with Crippen molar-refractivity contribution < 1.29 is 42.9 Å². The maximum Gasteiger partial charge on any atom is 0.355 e. The molecule has 33 heavy (non-hydrogen) atoms. The second-order valence-electron chi connectivity index (χ2n) is 9.37. The number of H-pyrrole nitrogens is 1. The quantitative estimate of drug-likeness (QED) is 0.348. The van der Waals surface area contributed by atoms with Crippen molar-refractivity contribution in [3.05, 3.63) is 22.5 Å². The number of aromatic amines is 1. The summed E-state index contributed by atoms with van der Waals surface area (Å²) < 4.78 is 20.1. The van der Waals surface area contributed by atoms with E-state index in [9.17, 15) is 24.0 Å². The summed E-state index contributed by atoms with van der Waals surface area (Å²) in [6.07, 6.45) is -1.47. The topological polar surface area (TPSA) is 138 Å². The third-order valence-electron chi connectivity index (χ3n) is 5.48. The zero-order valence-electron chi connectivity index (χ0n) is 20.1. The monoisotopic (exact) mass is 465 g/mol. The summed E-state index contributed by atoms with van der Waals surface area (Å²) >= 11 is 0. The molecule has 182 valence electrons. The van der Waals surface area contributed by atoms with E-state index in [1.54, 1.807) is 34.6 Å². The van der Waals surface area contributed by atoms with Crippen LogP contribution in [0, 0.1) is 12.3 Å². The molecule has 0 amide bonds. The van der Waals surface area contributed by atoms with Crippen molar-refractivity contribution in [2.75, 3.05) is 14.2 Å². The van der Waals surface area contributed by atoms with Crippen LogP contribution in [0.4, 0.5) is 0 Å². The molecule has 2 atom stereocenters. The number of Topliss-reactive ketones (excluding diaryl/α,β-unsaturated/α-hetero) is 1. The number of ketones is 1. The predicted molar refractivity (Wildman–Crippen MR) is 115 cm³/mol. The minimum absolute atomic E-state index is 0.0168. The number of cyclic esters (lactones) is 1. The van der Waals surface area contributed by atoms with Gasteiger partial charge in [-0.15, -0.1) is 0 Å². The van der Waals surface area contributed by atoms with E-state index in [1.165, 1.54) is 14.2 Å². The first-order chi connectivity index (χ1) is 15.2. The normalized spacial score (nSPS) is 20.2. The summed E-state index contributed by atoms with van der Waals surface area (Å²) in [5, 5.41) is 0. The van der Waals surface area contributed by atoms with Crippen LogP contribution in [0.25, 0.3) is 0 Å². The predicted octanol–water partition coefficient (Wildman–Crippen LogP) is 2.45. The van der Waals surface area contributed by atoms with Crippen LogP contribution < -0.4 is 0 Å². The van der Waals surface area contributed by atoms with E-state index in [-0.39, 0.29) is 37.1 Å². The van der Waals surface area contributed by atoms with Crippen LogP contribution in [0.5, 0.6) is 0 Å². The van der Waals surface area contributed by atoms with Crippen LogP contribution in [0.2, 0.25) is 0 Å². The number of esters is 4.